The largest absolute Gasteiger partial charge is 0.298 e. The lowest BCUT2D eigenvalue weighted by Gasteiger charge is -2.00. The predicted octanol–water partition coefficient (Wildman–Crippen LogP) is 5.86. The van der Waals surface area contributed by atoms with Crippen LogP contribution in [-0.2, 0) is 0 Å². The van der Waals surface area contributed by atoms with Crippen molar-refractivity contribution in [3.63, 3.8) is 0 Å². The zero-order valence-electron chi connectivity index (χ0n) is 13.7. The summed E-state index contributed by atoms with van der Waals surface area (Å²) in [4.78, 5) is 21.7. The molecule has 0 N–H and O–H groups in total. The Morgan fingerprint density at radius 3 is 1.77 bits per heavy atom. The zero-order chi connectivity index (χ0) is 16.0. The number of carbonyl (C=O) groups is 2. The molecule has 0 fully saturated rings. The van der Waals surface area contributed by atoms with Crippen molar-refractivity contribution in [3.8, 4) is 0 Å². The first-order valence-corrected chi connectivity index (χ1v) is 8.52. The van der Waals surface area contributed by atoms with Gasteiger partial charge in [0.2, 0.25) is 0 Å². The van der Waals surface area contributed by atoms with Crippen LogP contribution in [0, 0.1) is 0 Å². The van der Waals surface area contributed by atoms with Crippen molar-refractivity contribution in [1.29, 1.82) is 0 Å². The van der Waals surface area contributed by atoms with Crippen LogP contribution < -0.4 is 0 Å². The summed E-state index contributed by atoms with van der Waals surface area (Å²) >= 11 is 0. The second-order valence-corrected chi connectivity index (χ2v) is 5.83. The first kappa shape index (κ1) is 18.3. The van der Waals surface area contributed by atoms with Crippen LogP contribution in [0.4, 0.5) is 0 Å². The lowest BCUT2D eigenvalue weighted by atomic mass is 10.0. The van der Waals surface area contributed by atoms with Crippen LogP contribution in [0.5, 0.6) is 0 Å². The molecule has 0 saturated heterocycles. The first-order chi connectivity index (χ1) is 10.8. The van der Waals surface area contributed by atoms with Crippen LogP contribution in [0.15, 0.2) is 24.3 Å². The summed E-state index contributed by atoms with van der Waals surface area (Å²) in [5.74, 6) is 0. The first-order valence-electron chi connectivity index (χ1n) is 8.52. The van der Waals surface area contributed by atoms with Gasteiger partial charge in [-0.25, -0.2) is 0 Å². The van der Waals surface area contributed by atoms with E-state index in [0.717, 1.165) is 24.6 Å². The van der Waals surface area contributed by atoms with Gasteiger partial charge < -0.3 is 0 Å². The van der Waals surface area contributed by atoms with Gasteiger partial charge in [-0.3, -0.25) is 9.59 Å². The molecule has 0 spiro atoms. The van der Waals surface area contributed by atoms with E-state index in [-0.39, 0.29) is 0 Å². The average molecular weight is 300 g/mol. The molecule has 0 radical (unpaired) electrons. The van der Waals surface area contributed by atoms with Crippen molar-refractivity contribution in [2.45, 2.75) is 64.7 Å². The molecule has 22 heavy (non-hydrogen) atoms. The number of hydrogen-bond acceptors (Lipinski definition) is 2. The number of unbranched alkanes of at least 4 members (excludes halogenated alkanes) is 8. The Bertz CT molecular complexity index is 448. The van der Waals surface area contributed by atoms with Crippen molar-refractivity contribution >= 4 is 18.6 Å². The maximum Gasteiger partial charge on any atom is 0.150 e. The van der Waals surface area contributed by atoms with Gasteiger partial charge in [-0.05, 0) is 36.6 Å². The van der Waals surface area contributed by atoms with Crippen molar-refractivity contribution in [2.75, 3.05) is 0 Å². The van der Waals surface area contributed by atoms with E-state index in [1.54, 1.807) is 6.07 Å². The van der Waals surface area contributed by atoms with Crippen molar-refractivity contribution in [1.82, 2.24) is 0 Å². The molecule has 0 unspecified atom stereocenters. The minimum atomic E-state index is 0.552. The molecular weight excluding hydrogens is 272 g/mol. The van der Waals surface area contributed by atoms with Crippen LogP contribution >= 0.6 is 0 Å². The molecule has 0 amide bonds. The molecule has 0 aromatic heterocycles. The number of aldehydes is 2. The lowest BCUT2D eigenvalue weighted by molar-refractivity contribution is 0.112. The van der Waals surface area contributed by atoms with Crippen LogP contribution in [0.1, 0.15) is 91.0 Å². The highest BCUT2D eigenvalue weighted by Gasteiger charge is 1.97. The second kappa shape index (κ2) is 11.9. The molecule has 2 heteroatoms. The Morgan fingerprint density at radius 1 is 0.727 bits per heavy atom. The van der Waals surface area contributed by atoms with E-state index in [4.69, 9.17) is 0 Å². The van der Waals surface area contributed by atoms with Crippen LogP contribution in [-0.4, -0.2) is 12.6 Å². The van der Waals surface area contributed by atoms with Gasteiger partial charge in [0.05, 0.1) is 0 Å². The summed E-state index contributed by atoms with van der Waals surface area (Å²) in [5, 5.41) is 0. The number of benzene rings is 1. The van der Waals surface area contributed by atoms with Crippen LogP contribution in [0.2, 0.25) is 0 Å². The third-order valence-electron chi connectivity index (χ3n) is 3.81. The van der Waals surface area contributed by atoms with Crippen molar-refractivity contribution < 1.29 is 9.59 Å². The van der Waals surface area contributed by atoms with Gasteiger partial charge in [-0.1, -0.05) is 64.0 Å². The molecule has 0 bridgehead atoms. The van der Waals surface area contributed by atoms with Gasteiger partial charge in [0.25, 0.3) is 0 Å². The minimum Gasteiger partial charge on any atom is -0.298 e. The molecule has 0 saturated carbocycles. The van der Waals surface area contributed by atoms with Crippen molar-refractivity contribution in [2.24, 2.45) is 0 Å². The number of hydrogen-bond donors (Lipinski definition) is 0. The molecule has 0 aliphatic heterocycles. The Morgan fingerprint density at radius 2 is 1.23 bits per heavy atom. The van der Waals surface area contributed by atoms with Gasteiger partial charge >= 0.3 is 0 Å². The third-order valence-corrected chi connectivity index (χ3v) is 3.81. The van der Waals surface area contributed by atoms with E-state index in [9.17, 15) is 9.59 Å². The van der Waals surface area contributed by atoms with Gasteiger partial charge in [0.1, 0.15) is 12.6 Å². The molecule has 1 aromatic carbocycles. The highest BCUT2D eigenvalue weighted by Crippen LogP contribution is 2.12. The lowest BCUT2D eigenvalue weighted by Crippen LogP contribution is -1.87. The maximum absolute atomic E-state index is 10.8. The SMILES string of the molecule is CCCCCCCCCCC=Cc1cc(C=O)cc(C=O)c1. The molecular formula is C20H28O2. The fourth-order valence-corrected chi connectivity index (χ4v) is 2.55. The van der Waals surface area contributed by atoms with Crippen LogP contribution in [0.3, 0.4) is 0 Å². The van der Waals surface area contributed by atoms with Gasteiger partial charge in [-0.2, -0.15) is 0 Å². The average Bonchev–Trinajstić information content (AvgIpc) is 2.56. The van der Waals surface area contributed by atoms with Crippen LogP contribution in [0.25, 0.3) is 6.08 Å². The molecule has 1 aromatic rings. The highest BCUT2D eigenvalue weighted by molar-refractivity contribution is 5.83. The van der Waals surface area contributed by atoms with E-state index in [0.29, 0.717) is 11.1 Å². The Hall–Kier alpha value is -1.70. The molecule has 0 aliphatic carbocycles. The molecule has 120 valence electrons. The quantitative estimate of drug-likeness (QED) is 0.358. The molecule has 2 nitrogen and oxygen atoms in total. The fraction of sp³-hybridized carbons (Fsp3) is 0.500. The van der Waals surface area contributed by atoms with E-state index < -0.39 is 0 Å². The van der Waals surface area contributed by atoms with E-state index in [2.05, 4.69) is 13.0 Å². The summed E-state index contributed by atoms with van der Waals surface area (Å²) < 4.78 is 0. The highest BCUT2D eigenvalue weighted by atomic mass is 16.1. The summed E-state index contributed by atoms with van der Waals surface area (Å²) in [5.41, 5.74) is 2.03. The number of allylic oxidation sites excluding steroid dienone is 1. The van der Waals surface area contributed by atoms with Crippen molar-refractivity contribution in [3.05, 3.63) is 41.0 Å². The van der Waals surface area contributed by atoms with E-state index >= 15 is 0 Å². The van der Waals surface area contributed by atoms with Gasteiger partial charge in [-0.15, -0.1) is 0 Å². The third kappa shape index (κ3) is 7.92. The molecule has 0 heterocycles. The Balaban J connectivity index is 2.23. The monoisotopic (exact) mass is 300 g/mol. The Kier molecular flexibility index (Phi) is 9.93. The smallest absolute Gasteiger partial charge is 0.150 e. The number of carbonyl (C=O) groups excluding carboxylic acids is 2. The molecule has 0 atom stereocenters. The second-order valence-electron chi connectivity index (χ2n) is 5.83. The summed E-state index contributed by atoms with van der Waals surface area (Å²) in [6, 6.07) is 5.23. The maximum atomic E-state index is 10.8. The Labute approximate surface area is 134 Å². The minimum absolute atomic E-state index is 0.552. The van der Waals surface area contributed by atoms with E-state index in [1.807, 2.05) is 18.2 Å². The van der Waals surface area contributed by atoms with E-state index in [1.165, 1.54) is 51.4 Å². The summed E-state index contributed by atoms with van der Waals surface area (Å²) in [7, 11) is 0. The molecule has 0 aliphatic rings. The normalized spacial score (nSPS) is 11.0. The standard InChI is InChI=1S/C20H28O2/c1-2-3-4-5-6-7-8-9-10-11-12-18-13-19(16-21)15-20(14-18)17-22/h11-17H,2-10H2,1H3. The predicted molar refractivity (Wildman–Crippen MR) is 93.5 cm³/mol. The van der Waals surface area contributed by atoms with Gasteiger partial charge in [0.15, 0.2) is 0 Å². The number of rotatable bonds is 12. The molecule has 1 rings (SSSR count). The topological polar surface area (TPSA) is 34.1 Å². The summed E-state index contributed by atoms with van der Waals surface area (Å²) in [6.45, 7) is 2.25. The fourth-order valence-electron chi connectivity index (χ4n) is 2.55. The van der Waals surface area contributed by atoms with Gasteiger partial charge in [0, 0.05) is 11.1 Å². The summed E-state index contributed by atoms with van der Waals surface area (Å²) in [6.07, 6.45) is 17.3. The zero-order valence-corrected chi connectivity index (χ0v) is 13.7.